The molecule has 0 amide bonds. The molecule has 0 heterocycles. The minimum absolute atomic E-state index is 0.231. The Labute approximate surface area is 96.7 Å². The lowest BCUT2D eigenvalue weighted by molar-refractivity contribution is -0.137. The van der Waals surface area contributed by atoms with E-state index in [1.54, 1.807) is 13.0 Å². The van der Waals surface area contributed by atoms with Crippen LogP contribution >= 0.6 is 11.6 Å². The minimum Gasteiger partial charge on any atom is -0.325 e. The second-order valence-corrected chi connectivity index (χ2v) is 3.86. The number of benzene rings is 1. The Morgan fingerprint density at radius 1 is 1.38 bits per heavy atom. The first-order chi connectivity index (χ1) is 7.30. The zero-order valence-electron chi connectivity index (χ0n) is 8.55. The first-order valence-corrected chi connectivity index (χ1v) is 4.99. The largest absolute Gasteiger partial charge is 0.416 e. The molecule has 1 unspecified atom stereocenters. The predicted octanol–water partition coefficient (Wildman–Crippen LogP) is 3.72. The number of nitrogens with two attached hydrogens (primary N) is 1. The molecule has 0 radical (unpaired) electrons. The lowest BCUT2D eigenvalue weighted by Gasteiger charge is -2.08. The van der Waals surface area contributed by atoms with Crippen molar-refractivity contribution >= 4 is 17.7 Å². The number of alkyl halides is 3. The average molecular weight is 250 g/mol. The molecule has 0 aliphatic rings. The van der Waals surface area contributed by atoms with Crippen LogP contribution in [0.1, 0.15) is 18.1 Å². The van der Waals surface area contributed by atoms with Gasteiger partial charge < -0.3 is 5.73 Å². The average Bonchev–Trinajstić information content (AvgIpc) is 2.14. The molecule has 0 saturated heterocycles. The van der Waals surface area contributed by atoms with Gasteiger partial charge in [0, 0.05) is 11.1 Å². The van der Waals surface area contributed by atoms with Crippen molar-refractivity contribution in [3.63, 3.8) is 0 Å². The van der Waals surface area contributed by atoms with E-state index in [0.29, 0.717) is 5.56 Å². The van der Waals surface area contributed by atoms with E-state index in [2.05, 4.69) is 0 Å². The molecule has 1 nitrogen and oxygen atoms in total. The Morgan fingerprint density at radius 3 is 2.50 bits per heavy atom. The van der Waals surface area contributed by atoms with Crippen LogP contribution in [0.5, 0.6) is 0 Å². The number of hydrogen-bond acceptors (Lipinski definition) is 1. The van der Waals surface area contributed by atoms with Crippen LogP contribution in [-0.2, 0) is 6.18 Å². The Hall–Kier alpha value is -1.00. The van der Waals surface area contributed by atoms with Crippen LogP contribution in [-0.4, -0.2) is 6.04 Å². The van der Waals surface area contributed by atoms with Crippen LogP contribution in [0, 0.1) is 0 Å². The van der Waals surface area contributed by atoms with E-state index in [4.69, 9.17) is 17.3 Å². The lowest BCUT2D eigenvalue weighted by atomic mass is 10.1. The van der Waals surface area contributed by atoms with Gasteiger partial charge in [-0.3, -0.25) is 0 Å². The summed E-state index contributed by atoms with van der Waals surface area (Å²) in [6.07, 6.45) is -1.29. The first-order valence-electron chi connectivity index (χ1n) is 4.61. The van der Waals surface area contributed by atoms with Crippen molar-refractivity contribution in [1.29, 1.82) is 0 Å². The van der Waals surface area contributed by atoms with Gasteiger partial charge in [0.15, 0.2) is 0 Å². The zero-order chi connectivity index (χ0) is 12.3. The molecule has 0 fully saturated rings. The van der Waals surface area contributed by atoms with E-state index in [0.717, 1.165) is 12.1 Å². The molecule has 0 saturated carbocycles. The summed E-state index contributed by atoms with van der Waals surface area (Å²) in [6.45, 7) is 1.72. The summed E-state index contributed by atoms with van der Waals surface area (Å²) in [6, 6.07) is 2.95. The summed E-state index contributed by atoms with van der Waals surface area (Å²) < 4.78 is 37.2. The quantitative estimate of drug-likeness (QED) is 0.849. The smallest absolute Gasteiger partial charge is 0.325 e. The molecule has 1 aromatic rings. The maximum atomic E-state index is 12.4. The third-order valence-electron chi connectivity index (χ3n) is 1.90. The van der Waals surface area contributed by atoms with Crippen LogP contribution in [0.2, 0.25) is 5.02 Å². The Kier molecular flexibility index (Phi) is 3.99. The molecule has 1 atom stereocenters. The molecule has 0 aliphatic heterocycles. The van der Waals surface area contributed by atoms with Gasteiger partial charge in [-0.25, -0.2) is 0 Å². The molecule has 16 heavy (non-hydrogen) atoms. The molecule has 0 bridgehead atoms. The van der Waals surface area contributed by atoms with Gasteiger partial charge in [0.05, 0.1) is 5.56 Å². The maximum absolute atomic E-state index is 12.4. The summed E-state index contributed by atoms with van der Waals surface area (Å²) in [5, 5.41) is 0.268. The monoisotopic (exact) mass is 249 g/mol. The summed E-state index contributed by atoms with van der Waals surface area (Å²) in [5.41, 5.74) is 5.05. The highest BCUT2D eigenvalue weighted by molar-refractivity contribution is 6.32. The van der Waals surface area contributed by atoms with Crippen LogP contribution in [0.3, 0.4) is 0 Å². The fourth-order valence-electron chi connectivity index (χ4n) is 1.10. The van der Waals surface area contributed by atoms with E-state index < -0.39 is 11.7 Å². The standard InChI is InChI=1S/C11H11ClF3N/c1-7(16)2-3-8-6-9(11(13,14)15)4-5-10(8)12/h2-7H,16H2,1H3/b3-2+. The van der Waals surface area contributed by atoms with E-state index >= 15 is 0 Å². The Bertz CT molecular complexity index is 397. The summed E-state index contributed by atoms with van der Waals surface area (Å²) in [7, 11) is 0. The maximum Gasteiger partial charge on any atom is 0.416 e. The molecule has 0 aliphatic carbocycles. The van der Waals surface area contributed by atoms with Crippen molar-refractivity contribution in [3.05, 3.63) is 40.4 Å². The molecule has 5 heteroatoms. The lowest BCUT2D eigenvalue weighted by Crippen LogP contribution is -2.10. The second kappa shape index (κ2) is 4.89. The molecule has 0 spiro atoms. The summed E-state index contributed by atoms with van der Waals surface area (Å²) in [4.78, 5) is 0. The molecule has 1 rings (SSSR count). The van der Waals surface area contributed by atoms with Gasteiger partial charge in [-0.1, -0.05) is 23.8 Å². The number of halogens is 4. The SMILES string of the molecule is CC(N)/C=C/c1cc(C(F)(F)F)ccc1Cl. The third-order valence-corrected chi connectivity index (χ3v) is 2.25. The van der Waals surface area contributed by atoms with Gasteiger partial charge >= 0.3 is 6.18 Å². The highest BCUT2D eigenvalue weighted by Crippen LogP contribution is 2.32. The topological polar surface area (TPSA) is 26.0 Å². The molecule has 0 aromatic heterocycles. The second-order valence-electron chi connectivity index (χ2n) is 3.45. The van der Waals surface area contributed by atoms with E-state index in [1.165, 1.54) is 12.1 Å². The van der Waals surface area contributed by atoms with Crippen LogP contribution < -0.4 is 5.73 Å². The van der Waals surface area contributed by atoms with Crippen molar-refractivity contribution in [2.75, 3.05) is 0 Å². The molecular formula is C11H11ClF3N. The number of rotatable bonds is 2. The van der Waals surface area contributed by atoms with Gasteiger partial charge in [0.2, 0.25) is 0 Å². The van der Waals surface area contributed by atoms with Gasteiger partial charge in [0.25, 0.3) is 0 Å². The van der Waals surface area contributed by atoms with Crippen molar-refractivity contribution in [2.24, 2.45) is 5.73 Å². The predicted molar refractivity (Wildman–Crippen MR) is 59.1 cm³/mol. The fraction of sp³-hybridized carbons (Fsp3) is 0.273. The molecule has 1 aromatic carbocycles. The Balaban J connectivity index is 3.09. The zero-order valence-corrected chi connectivity index (χ0v) is 9.31. The number of hydrogen-bond donors (Lipinski definition) is 1. The van der Waals surface area contributed by atoms with Crippen LogP contribution in [0.25, 0.3) is 6.08 Å². The van der Waals surface area contributed by atoms with Gasteiger partial charge in [-0.05, 0) is 30.7 Å². The fourth-order valence-corrected chi connectivity index (χ4v) is 1.28. The molecular weight excluding hydrogens is 239 g/mol. The molecule has 88 valence electrons. The van der Waals surface area contributed by atoms with E-state index in [-0.39, 0.29) is 11.1 Å². The van der Waals surface area contributed by atoms with E-state index in [9.17, 15) is 13.2 Å². The molecule has 2 N–H and O–H groups in total. The van der Waals surface area contributed by atoms with Gasteiger partial charge in [0.1, 0.15) is 0 Å². The van der Waals surface area contributed by atoms with Gasteiger partial charge in [-0.15, -0.1) is 0 Å². The first kappa shape index (κ1) is 13.1. The Morgan fingerprint density at radius 2 is 2.00 bits per heavy atom. The summed E-state index contributed by atoms with van der Waals surface area (Å²) in [5.74, 6) is 0. The van der Waals surface area contributed by atoms with Crippen molar-refractivity contribution in [1.82, 2.24) is 0 Å². The van der Waals surface area contributed by atoms with E-state index in [1.807, 2.05) is 0 Å². The third kappa shape index (κ3) is 3.54. The van der Waals surface area contributed by atoms with Crippen molar-refractivity contribution < 1.29 is 13.2 Å². The van der Waals surface area contributed by atoms with Crippen molar-refractivity contribution in [3.8, 4) is 0 Å². The highest BCUT2D eigenvalue weighted by Gasteiger charge is 2.30. The summed E-state index contributed by atoms with van der Waals surface area (Å²) >= 11 is 5.77. The van der Waals surface area contributed by atoms with Crippen LogP contribution in [0.4, 0.5) is 13.2 Å². The highest BCUT2D eigenvalue weighted by atomic mass is 35.5. The normalized spacial score (nSPS) is 14.4. The van der Waals surface area contributed by atoms with Crippen LogP contribution in [0.15, 0.2) is 24.3 Å². The van der Waals surface area contributed by atoms with Crippen molar-refractivity contribution in [2.45, 2.75) is 19.1 Å². The minimum atomic E-state index is -4.36. The van der Waals surface area contributed by atoms with Gasteiger partial charge in [-0.2, -0.15) is 13.2 Å².